The second-order valence-electron chi connectivity index (χ2n) is 5.12. The highest BCUT2D eigenvalue weighted by atomic mass is 35.5. The topological polar surface area (TPSA) is 0 Å². The van der Waals surface area contributed by atoms with Crippen LogP contribution in [0.5, 0.6) is 0 Å². The van der Waals surface area contributed by atoms with E-state index in [1.807, 2.05) is 0 Å². The molecule has 2 heteroatoms. The Bertz CT molecular complexity index is 104. The van der Waals surface area contributed by atoms with Gasteiger partial charge in [0, 0.05) is 8.80 Å². The summed E-state index contributed by atoms with van der Waals surface area (Å²) in [5.41, 5.74) is 0. The second-order valence-corrected chi connectivity index (χ2v) is 8.12. The Morgan fingerprint density at radius 2 is 0.824 bits per heavy atom. The Labute approximate surface area is 118 Å². The van der Waals surface area contributed by atoms with Gasteiger partial charge in [0.2, 0.25) is 0 Å². The zero-order valence-corrected chi connectivity index (χ0v) is 14.2. The van der Waals surface area contributed by atoms with E-state index in [9.17, 15) is 0 Å². The summed E-state index contributed by atoms with van der Waals surface area (Å²) in [5.74, 6) is 0. The minimum absolute atomic E-state index is 0. The molecule has 105 valence electrons. The zero-order valence-electron chi connectivity index (χ0n) is 12.4. The lowest BCUT2D eigenvalue weighted by atomic mass is 10.3. The minimum Gasteiger partial charge on any atom is -0.147 e. The number of hydrogen-bond donors (Lipinski definition) is 0. The summed E-state index contributed by atoms with van der Waals surface area (Å²) in [7, 11) is 0.0380. The molecule has 0 aliphatic rings. The van der Waals surface area contributed by atoms with Crippen molar-refractivity contribution in [2.24, 2.45) is 0 Å². The summed E-state index contributed by atoms with van der Waals surface area (Å²) < 4.78 is 0. The quantitative estimate of drug-likeness (QED) is 0.283. The van der Waals surface area contributed by atoms with E-state index in [0.29, 0.717) is 0 Å². The van der Waals surface area contributed by atoms with E-state index in [1.54, 1.807) is 18.1 Å². The second kappa shape index (κ2) is 16.5. The molecular weight excluding hydrogens is 244 g/mol. The van der Waals surface area contributed by atoms with E-state index in [2.05, 4.69) is 20.8 Å². The number of rotatable bonds is 12. The van der Waals surface area contributed by atoms with Gasteiger partial charge in [-0.05, 0) is 0 Å². The molecule has 0 bridgehead atoms. The van der Waals surface area contributed by atoms with Crippen LogP contribution in [0, 0.1) is 0 Å². The van der Waals surface area contributed by atoms with Gasteiger partial charge in [0.1, 0.15) is 0 Å². The first-order valence-corrected chi connectivity index (χ1v) is 9.80. The van der Waals surface area contributed by atoms with Crippen molar-refractivity contribution < 1.29 is 0 Å². The molecule has 0 aliphatic heterocycles. The first kappa shape index (κ1) is 19.8. The Morgan fingerprint density at radius 1 is 0.529 bits per heavy atom. The molecule has 0 fully saturated rings. The normalized spacial score (nSPS) is 10.6. The highest BCUT2D eigenvalue weighted by Gasteiger charge is 2.09. The van der Waals surface area contributed by atoms with Gasteiger partial charge in [0.15, 0.2) is 0 Å². The highest BCUT2D eigenvalue weighted by molar-refractivity contribution is 6.58. The molecule has 0 saturated carbocycles. The number of unbranched alkanes of at least 4 members (excludes halogenated alkanes) is 6. The van der Waals surface area contributed by atoms with Crippen LogP contribution >= 0.6 is 12.4 Å². The molecule has 0 aromatic carbocycles. The fourth-order valence-corrected chi connectivity index (χ4v) is 5.25. The molecule has 0 heterocycles. The van der Waals surface area contributed by atoms with Crippen LogP contribution in [0.1, 0.15) is 78.6 Å². The van der Waals surface area contributed by atoms with Crippen LogP contribution in [0.25, 0.3) is 0 Å². The van der Waals surface area contributed by atoms with Crippen LogP contribution in [0.3, 0.4) is 0 Å². The van der Waals surface area contributed by atoms with Crippen molar-refractivity contribution in [3.8, 4) is 0 Å². The lowest BCUT2D eigenvalue weighted by Gasteiger charge is -2.14. The van der Waals surface area contributed by atoms with Gasteiger partial charge in [0.05, 0.1) is 0 Å². The Morgan fingerprint density at radius 3 is 1.06 bits per heavy atom. The van der Waals surface area contributed by atoms with Crippen LogP contribution in [0.4, 0.5) is 0 Å². The van der Waals surface area contributed by atoms with Crippen molar-refractivity contribution in [1.29, 1.82) is 0 Å². The number of hydrogen-bond acceptors (Lipinski definition) is 0. The van der Waals surface area contributed by atoms with Gasteiger partial charge in [-0.2, -0.15) is 0 Å². The molecular formula is C15H34ClSi. The van der Waals surface area contributed by atoms with Gasteiger partial charge in [-0.25, -0.2) is 0 Å². The van der Waals surface area contributed by atoms with Crippen LogP contribution in [0.15, 0.2) is 0 Å². The Hall–Kier alpha value is 0.507. The van der Waals surface area contributed by atoms with Crippen molar-refractivity contribution >= 4 is 21.2 Å². The summed E-state index contributed by atoms with van der Waals surface area (Å²) in [4.78, 5) is 0. The molecule has 0 amide bonds. The van der Waals surface area contributed by atoms with Crippen molar-refractivity contribution in [3.63, 3.8) is 0 Å². The van der Waals surface area contributed by atoms with Crippen LogP contribution in [0.2, 0.25) is 18.1 Å². The maximum absolute atomic E-state index is 2.32. The minimum atomic E-state index is 0. The third-order valence-electron chi connectivity index (χ3n) is 3.40. The van der Waals surface area contributed by atoms with Gasteiger partial charge in [-0.15, -0.1) is 12.4 Å². The molecule has 0 atom stereocenters. The molecule has 0 aliphatic carbocycles. The van der Waals surface area contributed by atoms with E-state index in [4.69, 9.17) is 0 Å². The average Bonchev–Trinajstić information content (AvgIpc) is 2.29. The van der Waals surface area contributed by atoms with Gasteiger partial charge >= 0.3 is 0 Å². The highest BCUT2D eigenvalue weighted by Crippen LogP contribution is 2.18. The van der Waals surface area contributed by atoms with Gasteiger partial charge < -0.3 is 0 Å². The molecule has 0 rings (SSSR count). The van der Waals surface area contributed by atoms with E-state index in [-0.39, 0.29) is 21.2 Å². The SMILES string of the molecule is CCCCC[Si](CCCCC)CCCCC.Cl. The van der Waals surface area contributed by atoms with E-state index in [0.717, 1.165) is 0 Å². The van der Waals surface area contributed by atoms with Crippen LogP contribution < -0.4 is 0 Å². The average molecular weight is 278 g/mol. The predicted molar refractivity (Wildman–Crippen MR) is 86.0 cm³/mol. The fraction of sp³-hybridized carbons (Fsp3) is 1.00. The van der Waals surface area contributed by atoms with E-state index in [1.165, 1.54) is 57.8 Å². The Kier molecular flexibility index (Phi) is 19.3. The smallest absolute Gasteiger partial charge is 0.0479 e. The molecule has 0 saturated heterocycles. The van der Waals surface area contributed by atoms with E-state index >= 15 is 0 Å². The lowest BCUT2D eigenvalue weighted by molar-refractivity contribution is 0.726. The third-order valence-corrected chi connectivity index (χ3v) is 6.58. The first-order valence-electron chi connectivity index (χ1n) is 7.68. The summed E-state index contributed by atoms with van der Waals surface area (Å²) in [6, 6.07) is 4.81. The molecule has 0 spiro atoms. The Balaban J connectivity index is 0. The molecule has 0 aromatic rings. The summed E-state index contributed by atoms with van der Waals surface area (Å²) >= 11 is 0. The number of halogens is 1. The van der Waals surface area contributed by atoms with Gasteiger partial charge in [0.25, 0.3) is 0 Å². The molecule has 17 heavy (non-hydrogen) atoms. The van der Waals surface area contributed by atoms with Gasteiger partial charge in [-0.3, -0.25) is 0 Å². The van der Waals surface area contributed by atoms with Crippen LogP contribution in [-0.2, 0) is 0 Å². The largest absolute Gasteiger partial charge is 0.147 e. The molecule has 1 radical (unpaired) electrons. The van der Waals surface area contributed by atoms with Gasteiger partial charge in [-0.1, -0.05) is 96.7 Å². The molecule has 0 N–H and O–H groups in total. The summed E-state index contributed by atoms with van der Waals surface area (Å²) in [6.07, 6.45) is 13.1. The summed E-state index contributed by atoms with van der Waals surface area (Å²) in [6.45, 7) is 6.96. The predicted octanol–water partition coefficient (Wildman–Crippen LogP) is 6.47. The molecule has 0 aromatic heterocycles. The first-order chi connectivity index (χ1) is 7.85. The summed E-state index contributed by atoms with van der Waals surface area (Å²) in [5, 5.41) is 0. The van der Waals surface area contributed by atoms with Crippen molar-refractivity contribution in [3.05, 3.63) is 0 Å². The third kappa shape index (κ3) is 14.4. The monoisotopic (exact) mass is 277 g/mol. The molecule has 0 unspecified atom stereocenters. The van der Waals surface area contributed by atoms with Crippen LogP contribution in [-0.4, -0.2) is 8.80 Å². The van der Waals surface area contributed by atoms with E-state index < -0.39 is 0 Å². The van der Waals surface area contributed by atoms with Crippen molar-refractivity contribution in [2.75, 3.05) is 0 Å². The fourth-order valence-electron chi connectivity index (χ4n) is 2.25. The molecule has 0 nitrogen and oxygen atoms in total. The van der Waals surface area contributed by atoms with Crippen molar-refractivity contribution in [1.82, 2.24) is 0 Å². The standard InChI is InChI=1S/C15H33Si.ClH/c1-4-7-10-13-16(14-11-8-5-2)15-12-9-6-3;/h4-15H2,1-3H3;1H. The lowest BCUT2D eigenvalue weighted by Crippen LogP contribution is -2.11. The maximum Gasteiger partial charge on any atom is 0.0479 e. The zero-order chi connectivity index (χ0) is 12.1. The van der Waals surface area contributed by atoms with Crippen molar-refractivity contribution in [2.45, 2.75) is 96.7 Å². The maximum atomic E-state index is 2.32.